The summed E-state index contributed by atoms with van der Waals surface area (Å²) in [5, 5.41) is 2.75. The summed E-state index contributed by atoms with van der Waals surface area (Å²) >= 11 is 0. The fourth-order valence-corrected chi connectivity index (χ4v) is 4.08. The zero-order valence-corrected chi connectivity index (χ0v) is 16.7. The average molecular weight is 397 g/mol. The van der Waals surface area contributed by atoms with Crippen LogP contribution in [0.25, 0.3) is 0 Å². The highest BCUT2D eigenvalue weighted by Gasteiger charge is 2.36. The van der Waals surface area contributed by atoms with E-state index in [0.717, 1.165) is 0 Å². The van der Waals surface area contributed by atoms with Gasteiger partial charge in [-0.1, -0.05) is 6.92 Å². The molecule has 27 heavy (non-hydrogen) atoms. The van der Waals surface area contributed by atoms with Gasteiger partial charge in [-0.3, -0.25) is 9.59 Å². The number of anilines is 1. The van der Waals surface area contributed by atoms with Crippen LogP contribution in [-0.4, -0.2) is 58.0 Å². The van der Waals surface area contributed by atoms with Crippen LogP contribution in [0, 0.1) is 5.92 Å². The van der Waals surface area contributed by atoms with Gasteiger partial charge in [0, 0.05) is 32.3 Å². The maximum absolute atomic E-state index is 12.5. The number of nitrogens with one attached hydrogen (secondary N) is 2. The van der Waals surface area contributed by atoms with E-state index in [-0.39, 0.29) is 29.2 Å². The van der Waals surface area contributed by atoms with Crippen LogP contribution in [0.2, 0.25) is 0 Å². The lowest BCUT2D eigenvalue weighted by Gasteiger charge is -2.23. The molecule has 2 rings (SSSR count). The Morgan fingerprint density at radius 2 is 2.00 bits per heavy atom. The summed E-state index contributed by atoms with van der Waals surface area (Å²) in [6, 6.07) is 5.89. The van der Waals surface area contributed by atoms with Crippen molar-refractivity contribution in [1.82, 2.24) is 9.62 Å². The summed E-state index contributed by atoms with van der Waals surface area (Å²) in [5.41, 5.74) is 0.491. The second-order valence-corrected chi connectivity index (χ2v) is 8.43. The number of carbonyl (C=O) groups is 2. The summed E-state index contributed by atoms with van der Waals surface area (Å²) in [6.07, 6.45) is 0.862. The van der Waals surface area contributed by atoms with Crippen molar-refractivity contribution < 1.29 is 22.7 Å². The van der Waals surface area contributed by atoms with E-state index >= 15 is 0 Å². The van der Waals surface area contributed by atoms with Crippen LogP contribution >= 0.6 is 0 Å². The van der Waals surface area contributed by atoms with Crippen LogP contribution in [0.1, 0.15) is 26.7 Å². The molecule has 1 aromatic carbocycles. The van der Waals surface area contributed by atoms with Gasteiger partial charge in [0.1, 0.15) is 0 Å². The molecule has 0 saturated carbocycles. The van der Waals surface area contributed by atoms with Crippen molar-refractivity contribution in [2.45, 2.75) is 37.6 Å². The molecule has 2 amide bonds. The maximum Gasteiger partial charge on any atom is 0.240 e. The number of hydrogen-bond donors (Lipinski definition) is 2. The molecule has 2 atom stereocenters. The van der Waals surface area contributed by atoms with Crippen molar-refractivity contribution in [1.29, 1.82) is 0 Å². The number of amides is 2. The largest absolute Gasteiger partial charge is 0.383 e. The molecule has 1 fully saturated rings. The molecule has 0 aliphatic carbocycles. The van der Waals surface area contributed by atoms with Crippen molar-refractivity contribution in [3.63, 3.8) is 0 Å². The summed E-state index contributed by atoms with van der Waals surface area (Å²) < 4.78 is 31.7. The molecule has 8 nitrogen and oxygen atoms in total. The normalized spacial score (nSPS) is 18.6. The fourth-order valence-electron chi connectivity index (χ4n) is 2.95. The Balaban J connectivity index is 1.97. The summed E-state index contributed by atoms with van der Waals surface area (Å²) in [4.78, 5) is 26.4. The van der Waals surface area contributed by atoms with E-state index in [1.54, 1.807) is 24.1 Å². The fraction of sp³-hybridized carbons (Fsp3) is 0.556. The number of benzene rings is 1. The van der Waals surface area contributed by atoms with Crippen LogP contribution in [0.3, 0.4) is 0 Å². The molecule has 9 heteroatoms. The molecule has 0 unspecified atom stereocenters. The average Bonchev–Trinajstić information content (AvgIpc) is 3.03. The first kappa shape index (κ1) is 21.3. The lowest BCUT2D eigenvalue weighted by Crippen LogP contribution is -2.38. The topological polar surface area (TPSA) is 105 Å². The van der Waals surface area contributed by atoms with Crippen LogP contribution < -0.4 is 10.0 Å². The van der Waals surface area contributed by atoms with Gasteiger partial charge in [0.05, 0.1) is 23.5 Å². The lowest BCUT2D eigenvalue weighted by molar-refractivity contribution is -0.130. The van der Waals surface area contributed by atoms with E-state index in [1.807, 2.05) is 13.8 Å². The SMILES string of the molecule is CCCNS(=O)(=O)c1ccc(NC(=O)[C@H]2CC(=O)N([C@@H](C)COC)C2)cc1. The van der Waals surface area contributed by atoms with Gasteiger partial charge in [-0.25, -0.2) is 13.1 Å². The highest BCUT2D eigenvalue weighted by Crippen LogP contribution is 2.22. The van der Waals surface area contributed by atoms with Gasteiger partial charge in [0.2, 0.25) is 21.8 Å². The quantitative estimate of drug-likeness (QED) is 0.651. The van der Waals surface area contributed by atoms with E-state index in [2.05, 4.69) is 10.0 Å². The Kier molecular flexibility index (Phi) is 7.34. The van der Waals surface area contributed by atoms with E-state index in [4.69, 9.17) is 4.74 Å². The van der Waals surface area contributed by atoms with Crippen molar-refractivity contribution >= 4 is 27.5 Å². The van der Waals surface area contributed by atoms with Gasteiger partial charge < -0.3 is 15.0 Å². The lowest BCUT2D eigenvalue weighted by atomic mass is 10.1. The standard InChI is InChI=1S/C18H27N3O5S/c1-4-9-19-27(24,25)16-7-5-15(6-8-16)20-18(23)14-10-17(22)21(11-14)13(2)12-26-3/h5-8,13-14,19H,4,9-12H2,1-3H3,(H,20,23)/t13-,14-/m0/s1. The van der Waals surface area contributed by atoms with Crippen LogP contribution in [-0.2, 0) is 24.3 Å². The predicted molar refractivity (Wildman–Crippen MR) is 102 cm³/mol. The summed E-state index contributed by atoms with van der Waals surface area (Å²) in [7, 11) is -1.97. The van der Waals surface area contributed by atoms with Crippen molar-refractivity contribution in [2.24, 2.45) is 5.92 Å². The molecule has 0 radical (unpaired) electrons. The number of methoxy groups -OCH3 is 1. The molecule has 0 bridgehead atoms. The summed E-state index contributed by atoms with van der Waals surface area (Å²) in [5.74, 6) is -0.759. The first-order valence-electron chi connectivity index (χ1n) is 8.97. The van der Waals surface area contributed by atoms with Crippen molar-refractivity contribution in [3.8, 4) is 0 Å². The molecule has 1 aliphatic rings. The van der Waals surface area contributed by atoms with E-state index in [0.29, 0.717) is 31.8 Å². The van der Waals surface area contributed by atoms with Gasteiger partial charge in [0.15, 0.2) is 0 Å². The van der Waals surface area contributed by atoms with Gasteiger partial charge in [0.25, 0.3) is 0 Å². The molecule has 0 aromatic heterocycles. The third-order valence-electron chi connectivity index (χ3n) is 4.44. The molecule has 1 aromatic rings. The number of nitrogens with zero attached hydrogens (tertiary/aromatic N) is 1. The Bertz CT molecular complexity index is 764. The first-order chi connectivity index (χ1) is 12.8. The molecule has 1 aliphatic heterocycles. The Morgan fingerprint density at radius 1 is 1.33 bits per heavy atom. The number of ether oxygens (including phenoxy) is 1. The highest BCUT2D eigenvalue weighted by atomic mass is 32.2. The number of hydrogen-bond acceptors (Lipinski definition) is 5. The zero-order chi connectivity index (χ0) is 20.0. The first-order valence-corrected chi connectivity index (χ1v) is 10.5. The third kappa shape index (κ3) is 5.50. The smallest absolute Gasteiger partial charge is 0.240 e. The predicted octanol–water partition coefficient (Wildman–Crippen LogP) is 1.20. The molecule has 1 saturated heterocycles. The minimum Gasteiger partial charge on any atom is -0.383 e. The highest BCUT2D eigenvalue weighted by molar-refractivity contribution is 7.89. The monoisotopic (exact) mass is 397 g/mol. The minimum atomic E-state index is -3.54. The number of sulfonamides is 1. The maximum atomic E-state index is 12.5. The van der Waals surface area contributed by atoms with Gasteiger partial charge in [-0.15, -0.1) is 0 Å². The second kappa shape index (κ2) is 9.29. The molecular formula is C18H27N3O5S. The third-order valence-corrected chi connectivity index (χ3v) is 5.92. The van der Waals surface area contributed by atoms with Crippen LogP contribution in [0.5, 0.6) is 0 Å². The molecule has 0 spiro atoms. The van der Waals surface area contributed by atoms with E-state index in [1.165, 1.54) is 12.1 Å². The van der Waals surface area contributed by atoms with E-state index in [9.17, 15) is 18.0 Å². The van der Waals surface area contributed by atoms with Crippen molar-refractivity contribution in [2.75, 3.05) is 32.1 Å². The van der Waals surface area contributed by atoms with Crippen LogP contribution in [0.4, 0.5) is 5.69 Å². The minimum absolute atomic E-state index is 0.0665. The zero-order valence-electron chi connectivity index (χ0n) is 15.9. The Hall–Kier alpha value is -1.97. The van der Waals surface area contributed by atoms with Gasteiger partial charge in [-0.2, -0.15) is 0 Å². The molecular weight excluding hydrogens is 370 g/mol. The van der Waals surface area contributed by atoms with Crippen molar-refractivity contribution in [3.05, 3.63) is 24.3 Å². The molecule has 1 heterocycles. The Morgan fingerprint density at radius 3 is 2.59 bits per heavy atom. The van der Waals surface area contributed by atoms with E-state index < -0.39 is 15.9 Å². The number of likely N-dealkylation sites (tertiary alicyclic amines) is 1. The number of carbonyl (C=O) groups excluding carboxylic acids is 2. The Labute approximate surface area is 160 Å². The molecule has 2 N–H and O–H groups in total. The number of rotatable bonds is 9. The molecule has 150 valence electrons. The second-order valence-electron chi connectivity index (χ2n) is 6.66. The van der Waals surface area contributed by atoms with Crippen LogP contribution in [0.15, 0.2) is 29.2 Å². The van der Waals surface area contributed by atoms with Gasteiger partial charge >= 0.3 is 0 Å². The summed E-state index contributed by atoms with van der Waals surface area (Å²) in [6.45, 7) is 4.90. The van der Waals surface area contributed by atoms with Gasteiger partial charge in [-0.05, 0) is 37.6 Å².